The first kappa shape index (κ1) is 17.2. The van der Waals surface area contributed by atoms with Crippen LogP contribution in [0.4, 0.5) is 11.5 Å². The standard InChI is InChI=1S/C20H15BrN4O2/c21-14-6-7-17-16(10-14)19(24-12-23-17)22-11-13-3-1-4-15(9-13)25-20(26)18-5-2-8-27-18/h1-10,12H,11H2,(H,25,26)(H,22,23,24). The number of halogens is 1. The molecule has 0 saturated carbocycles. The Bertz CT molecular complexity index is 1100. The molecule has 0 fully saturated rings. The van der Waals surface area contributed by atoms with Crippen molar-refractivity contribution in [3.8, 4) is 0 Å². The highest BCUT2D eigenvalue weighted by Crippen LogP contribution is 2.24. The molecule has 2 heterocycles. The second kappa shape index (κ2) is 7.59. The highest BCUT2D eigenvalue weighted by molar-refractivity contribution is 9.10. The summed E-state index contributed by atoms with van der Waals surface area (Å²) < 4.78 is 6.08. The zero-order valence-corrected chi connectivity index (χ0v) is 15.7. The predicted molar refractivity (Wildman–Crippen MR) is 108 cm³/mol. The van der Waals surface area contributed by atoms with Crippen LogP contribution in [0.15, 0.2) is 76.1 Å². The van der Waals surface area contributed by atoms with Gasteiger partial charge in [-0.2, -0.15) is 0 Å². The van der Waals surface area contributed by atoms with Crippen LogP contribution in [0, 0.1) is 0 Å². The number of carbonyl (C=O) groups is 1. The third-order valence-corrected chi connectivity index (χ3v) is 4.48. The van der Waals surface area contributed by atoms with Crippen molar-refractivity contribution in [1.82, 2.24) is 9.97 Å². The molecule has 0 unspecified atom stereocenters. The molecule has 134 valence electrons. The summed E-state index contributed by atoms with van der Waals surface area (Å²) in [4.78, 5) is 20.7. The van der Waals surface area contributed by atoms with Gasteiger partial charge in [0.25, 0.3) is 5.91 Å². The van der Waals surface area contributed by atoms with E-state index in [0.29, 0.717) is 12.2 Å². The minimum Gasteiger partial charge on any atom is -0.459 e. The molecule has 2 N–H and O–H groups in total. The molecule has 6 nitrogen and oxygen atoms in total. The summed E-state index contributed by atoms with van der Waals surface area (Å²) in [6, 6.07) is 16.8. The summed E-state index contributed by atoms with van der Waals surface area (Å²) in [6.45, 7) is 0.559. The van der Waals surface area contributed by atoms with E-state index in [4.69, 9.17) is 4.42 Å². The van der Waals surface area contributed by atoms with Crippen LogP contribution in [0.3, 0.4) is 0 Å². The van der Waals surface area contributed by atoms with E-state index in [1.807, 2.05) is 42.5 Å². The minimum atomic E-state index is -0.281. The van der Waals surface area contributed by atoms with Gasteiger partial charge < -0.3 is 15.1 Å². The van der Waals surface area contributed by atoms with Crippen molar-refractivity contribution in [1.29, 1.82) is 0 Å². The van der Waals surface area contributed by atoms with Gasteiger partial charge in [-0.1, -0.05) is 28.1 Å². The monoisotopic (exact) mass is 422 g/mol. The second-order valence-corrected chi connectivity index (χ2v) is 6.78. The van der Waals surface area contributed by atoms with E-state index < -0.39 is 0 Å². The highest BCUT2D eigenvalue weighted by Gasteiger charge is 2.09. The maximum absolute atomic E-state index is 12.1. The van der Waals surface area contributed by atoms with E-state index >= 15 is 0 Å². The molecule has 0 saturated heterocycles. The fourth-order valence-electron chi connectivity index (χ4n) is 2.72. The molecule has 27 heavy (non-hydrogen) atoms. The Morgan fingerprint density at radius 3 is 2.85 bits per heavy atom. The summed E-state index contributed by atoms with van der Waals surface area (Å²) in [5, 5.41) is 7.10. The topological polar surface area (TPSA) is 80.0 Å². The van der Waals surface area contributed by atoms with Crippen LogP contribution >= 0.6 is 15.9 Å². The molecular weight excluding hydrogens is 408 g/mol. The van der Waals surface area contributed by atoms with Crippen molar-refractivity contribution < 1.29 is 9.21 Å². The Labute approximate surface area is 163 Å². The summed E-state index contributed by atoms with van der Waals surface area (Å²) >= 11 is 3.48. The molecule has 0 bridgehead atoms. The SMILES string of the molecule is O=C(Nc1cccc(CNc2ncnc3ccc(Br)cc23)c1)c1ccco1. The van der Waals surface area contributed by atoms with Gasteiger partial charge in [0.2, 0.25) is 0 Å². The Kier molecular flexibility index (Phi) is 4.84. The molecular formula is C20H15BrN4O2. The van der Waals surface area contributed by atoms with Gasteiger partial charge in [-0.25, -0.2) is 9.97 Å². The van der Waals surface area contributed by atoms with Gasteiger partial charge in [0.05, 0.1) is 11.8 Å². The summed E-state index contributed by atoms with van der Waals surface area (Å²) in [6.07, 6.45) is 3.01. The van der Waals surface area contributed by atoms with E-state index in [2.05, 4.69) is 36.5 Å². The Balaban J connectivity index is 1.49. The van der Waals surface area contributed by atoms with Crippen molar-refractivity contribution in [2.24, 2.45) is 0 Å². The molecule has 0 radical (unpaired) electrons. The molecule has 0 spiro atoms. The summed E-state index contributed by atoms with van der Waals surface area (Å²) in [7, 11) is 0. The molecule has 0 aliphatic rings. The average molecular weight is 423 g/mol. The molecule has 7 heteroatoms. The van der Waals surface area contributed by atoms with Crippen LogP contribution < -0.4 is 10.6 Å². The van der Waals surface area contributed by atoms with E-state index in [0.717, 1.165) is 26.8 Å². The number of rotatable bonds is 5. The fourth-order valence-corrected chi connectivity index (χ4v) is 3.08. The number of anilines is 2. The number of hydrogen-bond acceptors (Lipinski definition) is 5. The molecule has 4 rings (SSSR count). The average Bonchev–Trinajstić information content (AvgIpc) is 3.22. The summed E-state index contributed by atoms with van der Waals surface area (Å²) in [5.74, 6) is 0.750. The molecule has 0 aliphatic carbocycles. The van der Waals surface area contributed by atoms with E-state index in [1.54, 1.807) is 18.5 Å². The molecule has 2 aromatic carbocycles. The largest absolute Gasteiger partial charge is 0.459 e. The van der Waals surface area contributed by atoms with Gasteiger partial charge in [0.1, 0.15) is 12.1 Å². The van der Waals surface area contributed by atoms with Crippen molar-refractivity contribution >= 4 is 44.2 Å². The number of furan rings is 1. The molecule has 0 aliphatic heterocycles. The highest BCUT2D eigenvalue weighted by atomic mass is 79.9. The maximum atomic E-state index is 12.1. The number of nitrogens with zero attached hydrogens (tertiary/aromatic N) is 2. The number of amides is 1. The Hall–Kier alpha value is -3.19. The zero-order valence-electron chi connectivity index (χ0n) is 14.1. The van der Waals surface area contributed by atoms with Crippen LogP contribution in [0.5, 0.6) is 0 Å². The number of carbonyl (C=O) groups excluding carboxylic acids is 1. The van der Waals surface area contributed by atoms with Gasteiger partial charge >= 0.3 is 0 Å². The lowest BCUT2D eigenvalue weighted by Gasteiger charge is -2.10. The normalized spacial score (nSPS) is 10.7. The maximum Gasteiger partial charge on any atom is 0.291 e. The first-order valence-corrected chi connectivity index (χ1v) is 9.06. The number of fused-ring (bicyclic) bond motifs is 1. The van der Waals surface area contributed by atoms with Gasteiger partial charge in [0, 0.05) is 22.1 Å². The van der Waals surface area contributed by atoms with Gasteiger partial charge in [-0.15, -0.1) is 0 Å². The van der Waals surface area contributed by atoms with Crippen LogP contribution in [0.2, 0.25) is 0 Å². The van der Waals surface area contributed by atoms with Gasteiger partial charge in [-0.3, -0.25) is 4.79 Å². The van der Waals surface area contributed by atoms with E-state index in [9.17, 15) is 4.79 Å². The van der Waals surface area contributed by atoms with Crippen molar-refractivity contribution in [3.63, 3.8) is 0 Å². The van der Waals surface area contributed by atoms with Gasteiger partial charge in [0.15, 0.2) is 5.76 Å². The quantitative estimate of drug-likeness (QED) is 0.480. The lowest BCUT2D eigenvalue weighted by atomic mass is 10.2. The second-order valence-electron chi connectivity index (χ2n) is 5.87. The van der Waals surface area contributed by atoms with Crippen LogP contribution in [0.25, 0.3) is 10.9 Å². The first-order valence-electron chi connectivity index (χ1n) is 8.27. The fraction of sp³-hybridized carbons (Fsp3) is 0.0500. The lowest BCUT2D eigenvalue weighted by Crippen LogP contribution is -2.11. The number of hydrogen-bond donors (Lipinski definition) is 2. The predicted octanol–water partition coefficient (Wildman–Crippen LogP) is 4.85. The molecule has 1 amide bonds. The van der Waals surface area contributed by atoms with Crippen LogP contribution in [-0.4, -0.2) is 15.9 Å². The molecule has 4 aromatic rings. The minimum absolute atomic E-state index is 0.275. The van der Waals surface area contributed by atoms with E-state index in [1.165, 1.54) is 6.26 Å². The van der Waals surface area contributed by atoms with E-state index in [-0.39, 0.29) is 11.7 Å². The molecule has 0 atom stereocenters. The lowest BCUT2D eigenvalue weighted by molar-refractivity contribution is 0.0996. The number of benzene rings is 2. The van der Waals surface area contributed by atoms with Crippen molar-refractivity contribution in [2.45, 2.75) is 6.54 Å². The van der Waals surface area contributed by atoms with Crippen molar-refractivity contribution in [2.75, 3.05) is 10.6 Å². The number of aromatic nitrogens is 2. The molecule has 2 aromatic heterocycles. The first-order chi connectivity index (χ1) is 13.2. The smallest absolute Gasteiger partial charge is 0.291 e. The zero-order chi connectivity index (χ0) is 18.6. The third-order valence-electron chi connectivity index (χ3n) is 3.99. The Morgan fingerprint density at radius 2 is 2.00 bits per heavy atom. The summed E-state index contributed by atoms with van der Waals surface area (Å²) in [5.41, 5.74) is 2.58. The van der Waals surface area contributed by atoms with Gasteiger partial charge in [-0.05, 0) is 48.0 Å². The van der Waals surface area contributed by atoms with Crippen molar-refractivity contribution in [3.05, 3.63) is 83.0 Å². The third kappa shape index (κ3) is 3.98. The van der Waals surface area contributed by atoms with Crippen LogP contribution in [0.1, 0.15) is 16.1 Å². The number of nitrogens with one attached hydrogen (secondary N) is 2. The van der Waals surface area contributed by atoms with Crippen LogP contribution in [-0.2, 0) is 6.54 Å². The Morgan fingerprint density at radius 1 is 1.07 bits per heavy atom.